The number of para-hydroxylation sites is 2. The van der Waals surface area contributed by atoms with Crippen molar-refractivity contribution in [1.29, 1.82) is 5.26 Å². The largest absolute Gasteiger partial charge is 0.382 e. The molecule has 122 valence electrons. The molecular formula is C14H10BrN5O2S2. The molecule has 0 unspecified atom stereocenters. The number of hydrogen-bond donors (Lipinski definition) is 2. The number of anilines is 2. The molecule has 0 aliphatic rings. The van der Waals surface area contributed by atoms with Crippen molar-refractivity contribution in [3.8, 4) is 11.8 Å². The SMILES string of the molecule is N#Cc1cnn(-c2ccccc2NS(=O)(=O)c2ccc(Br)s2)c1N. The highest BCUT2D eigenvalue weighted by Crippen LogP contribution is 2.30. The lowest BCUT2D eigenvalue weighted by molar-refractivity contribution is 0.603. The summed E-state index contributed by atoms with van der Waals surface area (Å²) in [6, 6.07) is 11.8. The van der Waals surface area contributed by atoms with Crippen molar-refractivity contribution < 1.29 is 8.42 Å². The van der Waals surface area contributed by atoms with Gasteiger partial charge in [-0.3, -0.25) is 4.72 Å². The first-order chi connectivity index (χ1) is 11.4. The van der Waals surface area contributed by atoms with E-state index in [1.54, 1.807) is 30.3 Å². The third kappa shape index (κ3) is 3.01. The Kier molecular flexibility index (Phi) is 4.31. The van der Waals surface area contributed by atoms with Crippen LogP contribution in [-0.2, 0) is 10.0 Å². The number of nitrogens with zero attached hydrogens (tertiary/aromatic N) is 3. The summed E-state index contributed by atoms with van der Waals surface area (Å²) in [7, 11) is -3.74. The molecule has 0 atom stereocenters. The molecule has 0 saturated heterocycles. The summed E-state index contributed by atoms with van der Waals surface area (Å²) < 4.78 is 29.8. The minimum Gasteiger partial charge on any atom is -0.382 e. The summed E-state index contributed by atoms with van der Waals surface area (Å²) in [6.07, 6.45) is 1.33. The van der Waals surface area contributed by atoms with Crippen molar-refractivity contribution in [2.24, 2.45) is 0 Å². The Morgan fingerprint density at radius 3 is 2.67 bits per heavy atom. The Morgan fingerprint density at radius 1 is 1.29 bits per heavy atom. The number of sulfonamides is 1. The predicted octanol–water partition coefficient (Wildman–Crippen LogP) is 2.95. The van der Waals surface area contributed by atoms with E-state index in [4.69, 9.17) is 11.0 Å². The van der Waals surface area contributed by atoms with Gasteiger partial charge in [-0.15, -0.1) is 11.3 Å². The van der Waals surface area contributed by atoms with Gasteiger partial charge in [0.25, 0.3) is 10.0 Å². The Morgan fingerprint density at radius 2 is 2.04 bits per heavy atom. The summed E-state index contributed by atoms with van der Waals surface area (Å²) in [6.45, 7) is 0. The monoisotopic (exact) mass is 423 g/mol. The number of hydrogen-bond acceptors (Lipinski definition) is 6. The molecule has 0 aliphatic carbocycles. The van der Waals surface area contributed by atoms with Crippen molar-refractivity contribution >= 4 is 48.8 Å². The zero-order chi connectivity index (χ0) is 17.3. The van der Waals surface area contributed by atoms with Crippen LogP contribution in [0, 0.1) is 11.3 Å². The minimum atomic E-state index is -3.74. The van der Waals surface area contributed by atoms with Gasteiger partial charge in [-0.2, -0.15) is 10.4 Å². The summed E-state index contributed by atoms with van der Waals surface area (Å²) in [5.41, 5.74) is 6.84. The number of rotatable bonds is 4. The van der Waals surface area contributed by atoms with Crippen molar-refractivity contribution in [3.63, 3.8) is 0 Å². The van der Waals surface area contributed by atoms with Crippen LogP contribution >= 0.6 is 27.3 Å². The number of aromatic nitrogens is 2. The lowest BCUT2D eigenvalue weighted by atomic mass is 10.2. The Labute approximate surface area is 150 Å². The van der Waals surface area contributed by atoms with Gasteiger partial charge in [-0.1, -0.05) is 12.1 Å². The van der Waals surface area contributed by atoms with Crippen LogP contribution in [0.4, 0.5) is 11.5 Å². The second-order valence-corrected chi connectivity index (χ2v) is 9.02. The third-order valence-corrected chi connectivity index (χ3v) is 6.60. The molecule has 0 spiro atoms. The van der Waals surface area contributed by atoms with E-state index in [1.165, 1.54) is 16.9 Å². The van der Waals surface area contributed by atoms with Crippen molar-refractivity contribution in [2.75, 3.05) is 10.5 Å². The van der Waals surface area contributed by atoms with Crippen LogP contribution in [-0.4, -0.2) is 18.2 Å². The zero-order valence-corrected chi connectivity index (χ0v) is 15.2. The fraction of sp³-hybridized carbons (Fsp3) is 0. The third-order valence-electron chi connectivity index (χ3n) is 3.12. The van der Waals surface area contributed by atoms with Crippen molar-refractivity contribution in [3.05, 3.63) is 51.9 Å². The smallest absolute Gasteiger partial charge is 0.271 e. The minimum absolute atomic E-state index is 0.142. The van der Waals surface area contributed by atoms with Gasteiger partial charge in [0.1, 0.15) is 21.7 Å². The summed E-state index contributed by atoms with van der Waals surface area (Å²) in [5.74, 6) is 0.142. The number of nitrogens with two attached hydrogens (primary N) is 1. The van der Waals surface area contributed by atoms with E-state index in [0.29, 0.717) is 15.2 Å². The van der Waals surface area contributed by atoms with E-state index < -0.39 is 10.0 Å². The Hall–Kier alpha value is -2.35. The number of nitriles is 1. The van der Waals surface area contributed by atoms with Crippen LogP contribution in [0.3, 0.4) is 0 Å². The van der Waals surface area contributed by atoms with Crippen LogP contribution in [0.5, 0.6) is 0 Å². The van der Waals surface area contributed by atoms with Gasteiger partial charge in [0.15, 0.2) is 0 Å². The van der Waals surface area contributed by atoms with Crippen LogP contribution in [0.1, 0.15) is 5.56 Å². The van der Waals surface area contributed by atoms with Crippen LogP contribution in [0.15, 0.2) is 50.6 Å². The summed E-state index contributed by atoms with van der Waals surface area (Å²) in [5, 5.41) is 13.0. The molecule has 2 heterocycles. The Bertz CT molecular complexity index is 1050. The van der Waals surface area contributed by atoms with E-state index >= 15 is 0 Å². The van der Waals surface area contributed by atoms with Crippen LogP contribution in [0.2, 0.25) is 0 Å². The number of halogens is 1. The molecule has 10 heteroatoms. The molecule has 3 N–H and O–H groups in total. The molecule has 3 rings (SSSR count). The van der Waals surface area contributed by atoms with Gasteiger partial charge in [0.2, 0.25) is 0 Å². The molecule has 0 aliphatic heterocycles. The molecule has 0 radical (unpaired) electrons. The molecule has 24 heavy (non-hydrogen) atoms. The van der Waals surface area contributed by atoms with E-state index in [-0.39, 0.29) is 15.6 Å². The van der Waals surface area contributed by atoms with Crippen molar-refractivity contribution in [1.82, 2.24) is 9.78 Å². The number of nitrogen functional groups attached to an aromatic ring is 1. The molecule has 7 nitrogen and oxygen atoms in total. The summed E-state index contributed by atoms with van der Waals surface area (Å²) >= 11 is 4.35. The Balaban J connectivity index is 2.04. The van der Waals surface area contributed by atoms with Crippen molar-refractivity contribution in [2.45, 2.75) is 4.21 Å². The normalized spacial score (nSPS) is 11.2. The molecule has 2 aromatic heterocycles. The highest BCUT2D eigenvalue weighted by molar-refractivity contribution is 9.11. The second-order valence-electron chi connectivity index (χ2n) is 4.65. The molecular weight excluding hydrogens is 414 g/mol. The number of thiophene rings is 1. The molecule has 0 amide bonds. The van der Waals surface area contributed by atoms with E-state index in [9.17, 15) is 8.42 Å². The second kappa shape index (κ2) is 6.27. The lowest BCUT2D eigenvalue weighted by Crippen LogP contribution is -2.14. The standard InChI is InChI=1S/C14H10BrN5O2S2/c15-12-5-6-13(23-12)24(21,22)19-10-3-1-2-4-11(10)20-14(17)9(7-16)8-18-20/h1-6,8,19H,17H2. The summed E-state index contributed by atoms with van der Waals surface area (Å²) in [4.78, 5) is 0. The van der Waals surface area contributed by atoms with E-state index in [0.717, 1.165) is 11.3 Å². The van der Waals surface area contributed by atoms with Crippen LogP contribution in [0.25, 0.3) is 5.69 Å². The fourth-order valence-corrected chi connectivity index (χ4v) is 5.10. The van der Waals surface area contributed by atoms with E-state index in [1.807, 2.05) is 6.07 Å². The first kappa shape index (κ1) is 16.5. The lowest BCUT2D eigenvalue weighted by Gasteiger charge is -2.12. The predicted molar refractivity (Wildman–Crippen MR) is 95.5 cm³/mol. The van der Waals surface area contributed by atoms with Gasteiger partial charge in [0, 0.05) is 0 Å². The molecule has 1 aromatic carbocycles. The van der Waals surface area contributed by atoms with Gasteiger partial charge in [-0.05, 0) is 40.2 Å². The maximum absolute atomic E-state index is 12.5. The molecule has 0 fully saturated rings. The van der Waals surface area contributed by atoms with Crippen LogP contribution < -0.4 is 10.5 Å². The van der Waals surface area contributed by atoms with E-state index in [2.05, 4.69) is 25.8 Å². The fourth-order valence-electron chi connectivity index (χ4n) is 2.02. The van der Waals surface area contributed by atoms with Gasteiger partial charge >= 0.3 is 0 Å². The van der Waals surface area contributed by atoms with Gasteiger partial charge in [0.05, 0.1) is 21.4 Å². The van der Waals surface area contributed by atoms with Gasteiger partial charge < -0.3 is 5.73 Å². The highest BCUT2D eigenvalue weighted by atomic mass is 79.9. The maximum atomic E-state index is 12.5. The average Bonchev–Trinajstić information content (AvgIpc) is 3.14. The highest BCUT2D eigenvalue weighted by Gasteiger charge is 2.20. The zero-order valence-electron chi connectivity index (χ0n) is 12.0. The quantitative estimate of drug-likeness (QED) is 0.669. The first-order valence-corrected chi connectivity index (χ1v) is 9.63. The number of benzene rings is 1. The maximum Gasteiger partial charge on any atom is 0.271 e. The molecule has 3 aromatic rings. The molecule has 0 bridgehead atoms. The van der Waals surface area contributed by atoms with Gasteiger partial charge in [-0.25, -0.2) is 13.1 Å². The average molecular weight is 424 g/mol. The number of nitrogens with one attached hydrogen (secondary N) is 1. The first-order valence-electron chi connectivity index (χ1n) is 6.53. The molecule has 0 saturated carbocycles. The topological polar surface area (TPSA) is 114 Å².